The first kappa shape index (κ1) is 19.4. The minimum atomic E-state index is 0.550. The van der Waals surface area contributed by atoms with Crippen molar-refractivity contribution in [3.8, 4) is 0 Å². The zero-order valence-electron chi connectivity index (χ0n) is 13.3. The van der Waals surface area contributed by atoms with Crippen molar-refractivity contribution >= 4 is 6.29 Å². The van der Waals surface area contributed by atoms with Gasteiger partial charge in [-0.2, -0.15) is 0 Å². The number of rotatable bonds is 13. The van der Waals surface area contributed by atoms with Gasteiger partial charge in [-0.3, -0.25) is 4.79 Å². The lowest BCUT2D eigenvalue weighted by molar-refractivity contribution is 0.549. The number of allylic oxidation sites excluding steroid dienone is 10. The molecule has 0 amide bonds. The summed E-state index contributed by atoms with van der Waals surface area (Å²) in [5.41, 5.74) is 0. The van der Waals surface area contributed by atoms with Gasteiger partial charge in [0.1, 0.15) is 0 Å². The molecule has 0 saturated heterocycles. The van der Waals surface area contributed by atoms with Crippen LogP contribution >= 0.6 is 0 Å². The van der Waals surface area contributed by atoms with Crippen LogP contribution < -0.4 is 0 Å². The van der Waals surface area contributed by atoms with Crippen LogP contribution in [0.1, 0.15) is 58.3 Å². The lowest BCUT2D eigenvalue weighted by Crippen LogP contribution is -1.73. The van der Waals surface area contributed by atoms with Crippen molar-refractivity contribution in [1.82, 2.24) is 0 Å². The highest BCUT2D eigenvalue weighted by Gasteiger charge is 1.81. The Bertz CT molecular complexity index is 356. The fourth-order valence-corrected chi connectivity index (χ4v) is 1.66. The highest BCUT2D eigenvalue weighted by atomic mass is 16.1. The van der Waals surface area contributed by atoms with E-state index in [9.17, 15) is 4.79 Å². The predicted octanol–water partition coefficient (Wildman–Crippen LogP) is 6.02. The third-order valence-corrected chi connectivity index (χ3v) is 2.81. The Morgan fingerprint density at radius 1 is 0.667 bits per heavy atom. The summed E-state index contributed by atoms with van der Waals surface area (Å²) >= 11 is 0. The predicted molar refractivity (Wildman–Crippen MR) is 94.0 cm³/mol. The summed E-state index contributed by atoms with van der Waals surface area (Å²) < 4.78 is 0. The minimum absolute atomic E-state index is 0.550. The molecule has 0 fully saturated rings. The van der Waals surface area contributed by atoms with E-state index >= 15 is 0 Å². The zero-order valence-corrected chi connectivity index (χ0v) is 13.3. The molecule has 1 radical (unpaired) electrons. The monoisotopic (exact) mass is 285 g/mol. The van der Waals surface area contributed by atoms with Crippen LogP contribution in [0.2, 0.25) is 0 Å². The molecule has 0 atom stereocenters. The molecule has 115 valence electrons. The highest BCUT2D eigenvalue weighted by Crippen LogP contribution is 1.97. The first-order valence-corrected chi connectivity index (χ1v) is 8.01. The molecule has 21 heavy (non-hydrogen) atoms. The van der Waals surface area contributed by atoms with E-state index < -0.39 is 0 Å². The zero-order chi connectivity index (χ0) is 15.4. The summed E-state index contributed by atoms with van der Waals surface area (Å²) in [6.45, 7) is 2.15. The minimum Gasteiger partial charge on any atom is -0.291 e. The molecule has 1 nitrogen and oxygen atoms in total. The Morgan fingerprint density at radius 3 is 1.52 bits per heavy atom. The lowest BCUT2D eigenvalue weighted by Gasteiger charge is -1.87. The van der Waals surface area contributed by atoms with Gasteiger partial charge in [0.25, 0.3) is 0 Å². The van der Waals surface area contributed by atoms with Crippen LogP contribution in [-0.4, -0.2) is 6.29 Å². The second kappa shape index (κ2) is 18.4. The number of hydrogen-bond acceptors (Lipinski definition) is 1. The standard InChI is InChI=1S/C20H29O/c1-2-3-4-5-6-7-8-9-10-11-12-13-14-15-16-17-18-19-20-21/h3-4,6-7,9-10,12-13,15-16H,2,5,8,11,14,17-19H2,1H3/b4-3?,7-6?,10-9?,13-12?,16-15-. The summed E-state index contributed by atoms with van der Waals surface area (Å²) in [5, 5.41) is 0. The van der Waals surface area contributed by atoms with Crippen molar-refractivity contribution in [3.05, 3.63) is 60.8 Å². The van der Waals surface area contributed by atoms with Crippen LogP contribution in [0.4, 0.5) is 0 Å². The van der Waals surface area contributed by atoms with E-state index in [-0.39, 0.29) is 0 Å². The third-order valence-electron chi connectivity index (χ3n) is 2.81. The summed E-state index contributed by atoms with van der Waals surface area (Å²) in [6.07, 6.45) is 31.4. The molecule has 0 bridgehead atoms. The van der Waals surface area contributed by atoms with Crippen LogP contribution in [-0.2, 0) is 4.79 Å². The average molecular weight is 285 g/mol. The maximum absolute atomic E-state index is 9.99. The second-order valence-electron chi connectivity index (χ2n) is 4.74. The summed E-state index contributed by atoms with van der Waals surface area (Å²) in [6, 6.07) is 0. The maximum Gasteiger partial charge on any atom is 0.198 e. The van der Waals surface area contributed by atoms with Gasteiger partial charge < -0.3 is 0 Å². The summed E-state index contributed by atoms with van der Waals surface area (Å²) in [5.74, 6) is 0. The Morgan fingerprint density at radius 2 is 1.10 bits per heavy atom. The second-order valence-corrected chi connectivity index (χ2v) is 4.74. The van der Waals surface area contributed by atoms with Crippen LogP contribution in [0.15, 0.2) is 60.8 Å². The van der Waals surface area contributed by atoms with Gasteiger partial charge >= 0.3 is 0 Å². The SMILES string of the molecule is CCC=CCC=CCC=CCC=CC/C=C\CCC[C]=O. The van der Waals surface area contributed by atoms with E-state index in [1.165, 1.54) is 0 Å². The number of unbranched alkanes of at least 4 members (excludes halogenated alkanes) is 2. The van der Waals surface area contributed by atoms with Gasteiger partial charge in [0, 0.05) is 6.42 Å². The Hall–Kier alpha value is -1.63. The Labute approximate surface area is 130 Å². The molecular formula is C20H29O. The fraction of sp³-hybridized carbons (Fsp3) is 0.450. The van der Waals surface area contributed by atoms with Gasteiger partial charge in [0.15, 0.2) is 6.29 Å². The van der Waals surface area contributed by atoms with Gasteiger partial charge in [0.05, 0.1) is 0 Å². The summed E-state index contributed by atoms with van der Waals surface area (Å²) in [4.78, 5) is 9.99. The molecule has 1 heteroatoms. The van der Waals surface area contributed by atoms with Crippen LogP contribution in [0.25, 0.3) is 0 Å². The Balaban J connectivity index is 3.43. The van der Waals surface area contributed by atoms with Gasteiger partial charge in [-0.05, 0) is 44.9 Å². The van der Waals surface area contributed by atoms with Crippen molar-refractivity contribution in [2.24, 2.45) is 0 Å². The molecule has 0 spiro atoms. The van der Waals surface area contributed by atoms with Crippen molar-refractivity contribution in [2.75, 3.05) is 0 Å². The van der Waals surface area contributed by atoms with E-state index in [4.69, 9.17) is 0 Å². The van der Waals surface area contributed by atoms with Gasteiger partial charge in [-0.15, -0.1) is 0 Å². The molecule has 0 aliphatic heterocycles. The maximum atomic E-state index is 9.99. The molecule has 0 N–H and O–H groups in total. The molecule has 0 aromatic carbocycles. The average Bonchev–Trinajstić information content (AvgIpc) is 2.50. The van der Waals surface area contributed by atoms with E-state index in [0.717, 1.165) is 44.9 Å². The lowest BCUT2D eigenvalue weighted by atomic mass is 10.2. The first-order valence-electron chi connectivity index (χ1n) is 8.01. The molecule has 0 aromatic heterocycles. The summed E-state index contributed by atoms with van der Waals surface area (Å²) in [7, 11) is 0. The molecule has 0 aliphatic rings. The van der Waals surface area contributed by atoms with Gasteiger partial charge in [-0.1, -0.05) is 67.7 Å². The van der Waals surface area contributed by atoms with Crippen molar-refractivity contribution in [3.63, 3.8) is 0 Å². The number of hydrogen-bond donors (Lipinski definition) is 0. The molecule has 0 rings (SSSR count). The Kier molecular flexibility index (Phi) is 16.9. The van der Waals surface area contributed by atoms with E-state index in [1.807, 2.05) is 6.29 Å². The van der Waals surface area contributed by atoms with E-state index in [1.54, 1.807) is 0 Å². The van der Waals surface area contributed by atoms with Crippen LogP contribution in [0, 0.1) is 0 Å². The van der Waals surface area contributed by atoms with Gasteiger partial charge in [-0.25, -0.2) is 0 Å². The third kappa shape index (κ3) is 18.4. The van der Waals surface area contributed by atoms with E-state index in [2.05, 4.69) is 67.7 Å². The first-order chi connectivity index (χ1) is 10.4. The largest absolute Gasteiger partial charge is 0.291 e. The van der Waals surface area contributed by atoms with Crippen molar-refractivity contribution < 1.29 is 4.79 Å². The van der Waals surface area contributed by atoms with Crippen LogP contribution in [0.3, 0.4) is 0 Å². The molecule has 0 saturated carbocycles. The highest BCUT2D eigenvalue weighted by molar-refractivity contribution is 5.50. The van der Waals surface area contributed by atoms with Gasteiger partial charge in [0.2, 0.25) is 0 Å². The molecule has 0 aromatic rings. The topological polar surface area (TPSA) is 17.1 Å². The molecule has 0 aliphatic carbocycles. The molecule has 0 heterocycles. The van der Waals surface area contributed by atoms with Crippen molar-refractivity contribution in [2.45, 2.75) is 58.3 Å². The smallest absolute Gasteiger partial charge is 0.198 e. The fourth-order valence-electron chi connectivity index (χ4n) is 1.66. The van der Waals surface area contributed by atoms with Crippen molar-refractivity contribution in [1.29, 1.82) is 0 Å². The quantitative estimate of drug-likeness (QED) is 0.299. The van der Waals surface area contributed by atoms with E-state index in [0.29, 0.717) is 6.42 Å². The molecular weight excluding hydrogens is 256 g/mol. The normalized spacial score (nSPS) is 12.8. The molecule has 0 unspecified atom stereocenters. The number of carbonyl (C=O) groups excluding carboxylic acids is 1. The van der Waals surface area contributed by atoms with Crippen LogP contribution in [0.5, 0.6) is 0 Å².